The van der Waals surface area contributed by atoms with Crippen molar-refractivity contribution in [2.75, 3.05) is 19.7 Å². The summed E-state index contributed by atoms with van der Waals surface area (Å²) in [7, 11) is 0. The lowest BCUT2D eigenvalue weighted by Crippen LogP contribution is -2.17. The van der Waals surface area contributed by atoms with Crippen molar-refractivity contribution in [1.82, 2.24) is 5.32 Å². The minimum Gasteiger partial charge on any atom is -0.493 e. The highest BCUT2D eigenvalue weighted by molar-refractivity contribution is 5.39. The van der Waals surface area contributed by atoms with Crippen LogP contribution in [0.2, 0.25) is 0 Å². The van der Waals surface area contributed by atoms with Gasteiger partial charge in [-0.1, -0.05) is 18.1 Å². The molecule has 1 aliphatic heterocycles. The molecule has 16 heavy (non-hydrogen) atoms. The molecule has 0 radical (unpaired) electrons. The Morgan fingerprint density at radius 2 is 2.38 bits per heavy atom. The topological polar surface area (TPSA) is 21.3 Å². The maximum Gasteiger partial charge on any atom is 0.122 e. The molecule has 0 aliphatic carbocycles. The summed E-state index contributed by atoms with van der Waals surface area (Å²) in [6.07, 6.45) is 2.11. The van der Waals surface area contributed by atoms with Crippen molar-refractivity contribution in [3.05, 3.63) is 29.3 Å². The van der Waals surface area contributed by atoms with Crippen molar-refractivity contribution in [1.29, 1.82) is 0 Å². The third kappa shape index (κ3) is 2.77. The third-order valence-corrected chi connectivity index (χ3v) is 2.73. The molecule has 1 aliphatic rings. The molecule has 1 aromatic carbocycles. The summed E-state index contributed by atoms with van der Waals surface area (Å²) in [5.74, 6) is 6.93. The molecule has 2 nitrogen and oxygen atoms in total. The van der Waals surface area contributed by atoms with Crippen LogP contribution in [0.5, 0.6) is 5.75 Å². The molecule has 0 saturated carbocycles. The number of benzene rings is 1. The van der Waals surface area contributed by atoms with E-state index in [9.17, 15) is 0 Å². The van der Waals surface area contributed by atoms with E-state index in [0.29, 0.717) is 0 Å². The van der Waals surface area contributed by atoms with Crippen LogP contribution in [0.15, 0.2) is 18.2 Å². The van der Waals surface area contributed by atoms with Gasteiger partial charge < -0.3 is 10.1 Å². The monoisotopic (exact) mass is 215 g/mol. The molecule has 1 aromatic rings. The maximum atomic E-state index is 5.48. The summed E-state index contributed by atoms with van der Waals surface area (Å²) in [6, 6.07) is 6.50. The Hall–Kier alpha value is -1.46. The van der Waals surface area contributed by atoms with Crippen LogP contribution >= 0.6 is 0 Å². The van der Waals surface area contributed by atoms with E-state index in [1.807, 2.05) is 6.92 Å². The smallest absolute Gasteiger partial charge is 0.122 e. The molecule has 2 rings (SSSR count). The summed E-state index contributed by atoms with van der Waals surface area (Å²) in [4.78, 5) is 0. The predicted molar refractivity (Wildman–Crippen MR) is 65.7 cm³/mol. The largest absolute Gasteiger partial charge is 0.493 e. The average Bonchev–Trinajstić information content (AvgIpc) is 2.76. The van der Waals surface area contributed by atoms with E-state index in [-0.39, 0.29) is 0 Å². The molecule has 0 spiro atoms. The van der Waals surface area contributed by atoms with Gasteiger partial charge in [0.15, 0.2) is 0 Å². The van der Waals surface area contributed by atoms with Gasteiger partial charge in [-0.25, -0.2) is 0 Å². The molecule has 0 unspecified atom stereocenters. The lowest BCUT2D eigenvalue weighted by Gasteiger charge is -2.04. The minimum atomic E-state index is 0.782. The van der Waals surface area contributed by atoms with E-state index >= 15 is 0 Å². The molecule has 0 saturated heterocycles. The van der Waals surface area contributed by atoms with Gasteiger partial charge in [-0.05, 0) is 30.5 Å². The number of nitrogens with one attached hydrogen (secondary N) is 1. The molecule has 0 fully saturated rings. The fourth-order valence-corrected chi connectivity index (χ4v) is 1.87. The molecule has 84 valence electrons. The second kappa shape index (κ2) is 5.58. The summed E-state index contributed by atoms with van der Waals surface area (Å²) < 4.78 is 5.48. The van der Waals surface area contributed by atoms with Crippen LogP contribution < -0.4 is 10.1 Å². The number of ether oxygens (including phenoxy) is 1. The number of rotatable bonds is 4. The number of fused-ring (bicyclic) bond motifs is 1. The molecular formula is C14H17NO. The summed E-state index contributed by atoms with van der Waals surface area (Å²) >= 11 is 0. The van der Waals surface area contributed by atoms with E-state index in [2.05, 4.69) is 35.4 Å². The summed E-state index contributed by atoms with van der Waals surface area (Å²) in [6.45, 7) is 4.46. The van der Waals surface area contributed by atoms with Crippen molar-refractivity contribution < 1.29 is 4.74 Å². The fraction of sp³-hybridized carbons (Fsp3) is 0.429. The molecule has 0 bridgehead atoms. The van der Waals surface area contributed by atoms with Crippen molar-refractivity contribution >= 4 is 0 Å². The van der Waals surface area contributed by atoms with Gasteiger partial charge >= 0.3 is 0 Å². The number of hydrogen-bond acceptors (Lipinski definition) is 2. The molecule has 0 amide bonds. The standard InChI is InChI=1S/C14H17NO/c1-2-3-8-15-9-6-12-4-5-14-13(11-12)7-10-16-14/h4-5,11,15H,6-10H2,1H3. The van der Waals surface area contributed by atoms with Gasteiger partial charge in [-0.3, -0.25) is 0 Å². The lowest BCUT2D eigenvalue weighted by atomic mass is 10.1. The van der Waals surface area contributed by atoms with Gasteiger partial charge in [0, 0.05) is 13.0 Å². The van der Waals surface area contributed by atoms with E-state index in [1.54, 1.807) is 0 Å². The van der Waals surface area contributed by atoms with Crippen molar-refractivity contribution in [3.63, 3.8) is 0 Å². The highest BCUT2D eigenvalue weighted by Crippen LogP contribution is 2.25. The second-order valence-electron chi connectivity index (χ2n) is 3.89. The van der Waals surface area contributed by atoms with Crippen LogP contribution in [-0.2, 0) is 12.8 Å². The van der Waals surface area contributed by atoms with Gasteiger partial charge in [0.05, 0.1) is 13.2 Å². The van der Waals surface area contributed by atoms with Gasteiger partial charge in [0.2, 0.25) is 0 Å². The van der Waals surface area contributed by atoms with Crippen LogP contribution in [-0.4, -0.2) is 19.7 Å². The fourth-order valence-electron chi connectivity index (χ4n) is 1.87. The molecule has 1 heterocycles. The van der Waals surface area contributed by atoms with Crippen molar-refractivity contribution in [2.45, 2.75) is 19.8 Å². The highest BCUT2D eigenvalue weighted by atomic mass is 16.5. The summed E-state index contributed by atoms with van der Waals surface area (Å²) in [5, 5.41) is 3.30. The molecule has 2 heteroatoms. The first-order valence-corrected chi connectivity index (χ1v) is 5.75. The molecular weight excluding hydrogens is 198 g/mol. The van der Waals surface area contributed by atoms with Gasteiger partial charge in [0.1, 0.15) is 5.75 Å². The Balaban J connectivity index is 1.83. The Labute approximate surface area is 97.0 Å². The molecule has 1 N–H and O–H groups in total. The van der Waals surface area contributed by atoms with Crippen molar-refractivity contribution in [2.24, 2.45) is 0 Å². The van der Waals surface area contributed by atoms with Crippen LogP contribution in [0, 0.1) is 11.8 Å². The Morgan fingerprint density at radius 1 is 1.44 bits per heavy atom. The van der Waals surface area contributed by atoms with Gasteiger partial charge in [0.25, 0.3) is 0 Å². The van der Waals surface area contributed by atoms with Gasteiger partial charge in [-0.2, -0.15) is 0 Å². The SMILES string of the molecule is CC#CCNCCc1ccc2c(c1)CCO2. The average molecular weight is 215 g/mol. The maximum absolute atomic E-state index is 5.48. The zero-order valence-electron chi connectivity index (χ0n) is 9.68. The first kappa shape index (κ1) is 11.0. The van der Waals surface area contributed by atoms with Crippen LogP contribution in [0.25, 0.3) is 0 Å². The molecule has 0 atom stereocenters. The van der Waals surface area contributed by atoms with E-state index in [0.717, 1.165) is 38.3 Å². The predicted octanol–water partition coefficient (Wildman–Crippen LogP) is 1.78. The van der Waals surface area contributed by atoms with E-state index < -0.39 is 0 Å². The first-order valence-electron chi connectivity index (χ1n) is 5.75. The van der Waals surface area contributed by atoms with Crippen LogP contribution in [0.1, 0.15) is 18.1 Å². The van der Waals surface area contributed by atoms with E-state index in [4.69, 9.17) is 4.74 Å². The second-order valence-corrected chi connectivity index (χ2v) is 3.89. The normalized spacial score (nSPS) is 12.6. The van der Waals surface area contributed by atoms with E-state index in [1.165, 1.54) is 11.1 Å². The Kier molecular flexibility index (Phi) is 3.85. The zero-order valence-corrected chi connectivity index (χ0v) is 9.68. The van der Waals surface area contributed by atoms with Crippen LogP contribution in [0.4, 0.5) is 0 Å². The Bertz CT molecular complexity index is 414. The first-order chi connectivity index (χ1) is 7.90. The van der Waals surface area contributed by atoms with Crippen molar-refractivity contribution in [3.8, 4) is 17.6 Å². The zero-order chi connectivity index (χ0) is 11.2. The quantitative estimate of drug-likeness (QED) is 0.610. The number of hydrogen-bond donors (Lipinski definition) is 1. The Morgan fingerprint density at radius 3 is 3.25 bits per heavy atom. The van der Waals surface area contributed by atoms with Crippen LogP contribution in [0.3, 0.4) is 0 Å². The highest BCUT2D eigenvalue weighted by Gasteiger charge is 2.11. The summed E-state index contributed by atoms with van der Waals surface area (Å²) in [5.41, 5.74) is 2.73. The minimum absolute atomic E-state index is 0.782. The molecule has 0 aromatic heterocycles. The van der Waals surface area contributed by atoms with Gasteiger partial charge in [-0.15, -0.1) is 5.92 Å². The third-order valence-electron chi connectivity index (χ3n) is 2.73. The lowest BCUT2D eigenvalue weighted by molar-refractivity contribution is 0.357.